The molecule has 2 bridgehead atoms. The number of aliphatic hydroxyl groups excluding tert-OH is 1. The fourth-order valence-electron chi connectivity index (χ4n) is 5.82. The monoisotopic (exact) mass is 342 g/mol. The molecule has 8 heteroatoms. The van der Waals surface area contributed by atoms with E-state index in [0.717, 1.165) is 25.7 Å². The molecule has 1 aliphatic heterocycles. The van der Waals surface area contributed by atoms with Gasteiger partial charge in [-0.15, -0.1) is 0 Å². The first-order valence-corrected chi connectivity index (χ1v) is 8.12. The maximum Gasteiger partial charge on any atom is 0.449 e. The Labute approximate surface area is 129 Å². The largest absolute Gasteiger partial charge is 0.449 e. The van der Waals surface area contributed by atoms with Gasteiger partial charge in [-0.1, -0.05) is 12.8 Å². The number of rotatable bonds is 0. The molecule has 1 saturated heterocycles. The standard InChI is InChI=1S/C15H19F5O3/c16-13(17)12(21)10-8-5-9(7-4-2-1-3-6(7)8)11(10)23-14(13,22)15(18,19)20/h6-12,21-22H,1-5H2. The summed E-state index contributed by atoms with van der Waals surface area (Å²) in [4.78, 5) is 0. The van der Waals surface area contributed by atoms with Crippen molar-refractivity contribution in [1.29, 1.82) is 0 Å². The molecule has 0 spiro atoms. The van der Waals surface area contributed by atoms with Crippen molar-refractivity contribution >= 4 is 0 Å². The van der Waals surface area contributed by atoms with Crippen molar-refractivity contribution in [1.82, 2.24) is 0 Å². The number of aliphatic hydroxyl groups is 2. The second kappa shape index (κ2) is 4.58. The van der Waals surface area contributed by atoms with Gasteiger partial charge in [0, 0.05) is 5.92 Å². The van der Waals surface area contributed by atoms with Gasteiger partial charge >= 0.3 is 17.9 Å². The van der Waals surface area contributed by atoms with E-state index in [-0.39, 0.29) is 23.7 Å². The van der Waals surface area contributed by atoms with Crippen LogP contribution >= 0.6 is 0 Å². The third kappa shape index (κ3) is 1.80. The Morgan fingerprint density at radius 1 is 0.957 bits per heavy atom. The topological polar surface area (TPSA) is 49.7 Å². The average Bonchev–Trinajstić information content (AvgIpc) is 3.00. The summed E-state index contributed by atoms with van der Waals surface area (Å²) < 4.78 is 72.2. The van der Waals surface area contributed by atoms with E-state index in [9.17, 15) is 32.2 Å². The normalized spacial score (nSPS) is 54.7. The Morgan fingerprint density at radius 3 is 2.09 bits per heavy atom. The fourth-order valence-corrected chi connectivity index (χ4v) is 5.82. The molecular weight excluding hydrogens is 323 g/mol. The first-order valence-electron chi connectivity index (χ1n) is 8.12. The van der Waals surface area contributed by atoms with Crippen LogP contribution in [0.2, 0.25) is 0 Å². The summed E-state index contributed by atoms with van der Waals surface area (Å²) in [6.07, 6.45) is -5.16. The smallest absolute Gasteiger partial charge is 0.386 e. The van der Waals surface area contributed by atoms with Crippen LogP contribution in [0.1, 0.15) is 32.1 Å². The average molecular weight is 342 g/mol. The van der Waals surface area contributed by atoms with Gasteiger partial charge in [-0.3, -0.25) is 0 Å². The van der Waals surface area contributed by atoms with Gasteiger partial charge < -0.3 is 14.9 Å². The van der Waals surface area contributed by atoms with Crippen molar-refractivity contribution in [3.05, 3.63) is 0 Å². The third-order valence-corrected chi connectivity index (χ3v) is 6.69. The van der Waals surface area contributed by atoms with E-state index >= 15 is 0 Å². The molecule has 8 atom stereocenters. The summed E-state index contributed by atoms with van der Waals surface area (Å²) in [6, 6.07) is 0. The van der Waals surface area contributed by atoms with Crippen LogP contribution in [0.15, 0.2) is 0 Å². The maximum absolute atomic E-state index is 14.2. The summed E-state index contributed by atoms with van der Waals surface area (Å²) in [7, 11) is 0. The van der Waals surface area contributed by atoms with E-state index in [4.69, 9.17) is 0 Å². The summed E-state index contributed by atoms with van der Waals surface area (Å²) in [6.45, 7) is 0. The first kappa shape index (κ1) is 16.0. The lowest BCUT2D eigenvalue weighted by Gasteiger charge is -2.53. The van der Waals surface area contributed by atoms with Crippen molar-refractivity contribution in [2.45, 2.75) is 62.2 Å². The first-order chi connectivity index (χ1) is 10.6. The zero-order valence-electron chi connectivity index (χ0n) is 12.3. The van der Waals surface area contributed by atoms with E-state index in [2.05, 4.69) is 4.74 Å². The van der Waals surface area contributed by atoms with E-state index in [1.807, 2.05) is 0 Å². The Hall–Kier alpha value is -0.470. The number of halogens is 5. The maximum atomic E-state index is 14.2. The van der Waals surface area contributed by atoms with Gasteiger partial charge in [-0.05, 0) is 42.9 Å². The molecular formula is C15H19F5O3. The van der Waals surface area contributed by atoms with Gasteiger partial charge in [-0.2, -0.15) is 22.0 Å². The molecule has 4 fully saturated rings. The Kier molecular flexibility index (Phi) is 3.19. The molecule has 0 amide bonds. The summed E-state index contributed by atoms with van der Waals surface area (Å²) in [5, 5.41) is 19.6. The molecule has 0 radical (unpaired) electrons. The number of fused-ring (bicyclic) bond motifs is 8. The van der Waals surface area contributed by atoms with Crippen LogP contribution in [0.25, 0.3) is 0 Å². The molecule has 4 rings (SSSR count). The van der Waals surface area contributed by atoms with E-state index in [0.29, 0.717) is 6.42 Å². The number of hydrogen-bond acceptors (Lipinski definition) is 3. The summed E-state index contributed by atoms with van der Waals surface area (Å²) in [5.41, 5.74) is 0. The van der Waals surface area contributed by atoms with E-state index in [1.165, 1.54) is 0 Å². The molecule has 2 N–H and O–H groups in total. The van der Waals surface area contributed by atoms with Crippen molar-refractivity contribution in [3.8, 4) is 0 Å². The SMILES string of the molecule is OC1C2C3CC(C4CCCCC43)C2OC(O)(C(F)(F)F)C1(F)F. The Balaban J connectivity index is 1.72. The molecule has 0 aromatic heterocycles. The van der Waals surface area contributed by atoms with Crippen molar-refractivity contribution in [3.63, 3.8) is 0 Å². The lowest BCUT2D eigenvalue weighted by atomic mass is 9.63. The lowest BCUT2D eigenvalue weighted by molar-refractivity contribution is -0.480. The molecule has 132 valence electrons. The van der Waals surface area contributed by atoms with Crippen molar-refractivity contribution < 1.29 is 36.9 Å². The molecule has 3 aliphatic carbocycles. The zero-order valence-corrected chi connectivity index (χ0v) is 12.3. The predicted octanol–water partition coefficient (Wildman–Crippen LogP) is 2.70. The highest BCUT2D eigenvalue weighted by atomic mass is 19.4. The second-order valence-corrected chi connectivity index (χ2v) is 7.54. The van der Waals surface area contributed by atoms with Crippen LogP contribution < -0.4 is 0 Å². The summed E-state index contributed by atoms with van der Waals surface area (Å²) >= 11 is 0. The van der Waals surface area contributed by atoms with Crippen molar-refractivity contribution in [2.75, 3.05) is 0 Å². The van der Waals surface area contributed by atoms with Crippen LogP contribution in [0.4, 0.5) is 22.0 Å². The van der Waals surface area contributed by atoms with Gasteiger partial charge in [0.1, 0.15) is 6.10 Å². The van der Waals surface area contributed by atoms with Gasteiger partial charge in [0.05, 0.1) is 6.10 Å². The quantitative estimate of drug-likeness (QED) is 0.666. The van der Waals surface area contributed by atoms with E-state index in [1.54, 1.807) is 0 Å². The molecule has 0 aromatic carbocycles. The van der Waals surface area contributed by atoms with Crippen molar-refractivity contribution in [2.24, 2.45) is 29.6 Å². The number of alkyl halides is 5. The molecule has 4 aliphatic rings. The highest BCUT2D eigenvalue weighted by Gasteiger charge is 2.81. The minimum Gasteiger partial charge on any atom is -0.386 e. The van der Waals surface area contributed by atoms with Crippen LogP contribution in [0.3, 0.4) is 0 Å². The number of hydrogen-bond donors (Lipinski definition) is 2. The van der Waals surface area contributed by atoms with Crippen LogP contribution in [0, 0.1) is 29.6 Å². The highest BCUT2D eigenvalue weighted by Crippen LogP contribution is 2.66. The fraction of sp³-hybridized carbons (Fsp3) is 1.00. The third-order valence-electron chi connectivity index (χ3n) is 6.69. The molecule has 0 aromatic rings. The minimum atomic E-state index is -5.67. The van der Waals surface area contributed by atoms with Gasteiger partial charge in [-0.25, -0.2) is 0 Å². The van der Waals surface area contributed by atoms with Crippen LogP contribution in [0.5, 0.6) is 0 Å². The van der Waals surface area contributed by atoms with Gasteiger partial charge in [0.2, 0.25) is 0 Å². The van der Waals surface area contributed by atoms with Gasteiger partial charge in [0.25, 0.3) is 0 Å². The zero-order chi connectivity index (χ0) is 16.8. The molecule has 1 heterocycles. The molecule has 23 heavy (non-hydrogen) atoms. The van der Waals surface area contributed by atoms with E-state index < -0.39 is 36.0 Å². The Bertz CT molecular complexity index is 510. The lowest BCUT2D eigenvalue weighted by Crippen LogP contribution is -2.73. The second-order valence-electron chi connectivity index (χ2n) is 7.54. The van der Waals surface area contributed by atoms with Crippen LogP contribution in [-0.2, 0) is 4.74 Å². The van der Waals surface area contributed by atoms with Gasteiger partial charge in [0.15, 0.2) is 0 Å². The molecule has 3 nitrogen and oxygen atoms in total. The highest BCUT2D eigenvalue weighted by molar-refractivity contribution is 5.15. The molecule has 8 unspecified atom stereocenters. The predicted molar refractivity (Wildman–Crippen MR) is 67.4 cm³/mol. The Morgan fingerprint density at radius 2 is 1.52 bits per heavy atom. The minimum absolute atomic E-state index is 0.159. The molecule has 3 saturated carbocycles. The summed E-state index contributed by atoms with van der Waals surface area (Å²) in [5.74, 6) is -10.6. The number of ether oxygens (including phenoxy) is 1. The van der Waals surface area contributed by atoms with Crippen LogP contribution in [-0.4, -0.2) is 40.3 Å².